The third-order valence-corrected chi connectivity index (χ3v) is 4.14. The van der Waals surface area contributed by atoms with Crippen LogP contribution in [0.3, 0.4) is 0 Å². The van der Waals surface area contributed by atoms with Crippen LogP contribution in [0.5, 0.6) is 5.75 Å². The molecule has 2 rings (SSSR count). The first-order valence-corrected chi connectivity index (χ1v) is 7.77. The standard InChI is InChI=1S/C16H16Cl3NO/c1-2-21-16-9-13(18)11(8-14(16)19)15(20)7-10-5-3-4-6-12(10)17/h3-6,8-9,15H,2,7,20H2,1H3. The second kappa shape index (κ2) is 7.37. The lowest BCUT2D eigenvalue weighted by molar-refractivity contribution is 0.340. The SMILES string of the molecule is CCOc1cc(Cl)c(C(N)Cc2ccccc2Cl)cc1Cl. The lowest BCUT2D eigenvalue weighted by Crippen LogP contribution is -2.14. The summed E-state index contributed by atoms with van der Waals surface area (Å²) in [5.74, 6) is 0.567. The summed E-state index contributed by atoms with van der Waals surface area (Å²) in [4.78, 5) is 0. The van der Waals surface area contributed by atoms with Gasteiger partial charge in [0.15, 0.2) is 0 Å². The highest BCUT2D eigenvalue weighted by Crippen LogP contribution is 2.35. The highest BCUT2D eigenvalue weighted by atomic mass is 35.5. The van der Waals surface area contributed by atoms with Gasteiger partial charge in [0.25, 0.3) is 0 Å². The minimum atomic E-state index is -0.287. The molecule has 0 aliphatic heterocycles. The summed E-state index contributed by atoms with van der Waals surface area (Å²) < 4.78 is 5.41. The molecule has 5 heteroatoms. The number of nitrogens with two attached hydrogens (primary N) is 1. The predicted octanol–water partition coefficient (Wildman–Crippen LogP) is 5.29. The van der Waals surface area contributed by atoms with Crippen LogP contribution < -0.4 is 10.5 Å². The average Bonchev–Trinajstić information content (AvgIpc) is 2.45. The zero-order chi connectivity index (χ0) is 15.4. The maximum Gasteiger partial charge on any atom is 0.139 e. The summed E-state index contributed by atoms with van der Waals surface area (Å²) in [5, 5.41) is 1.74. The summed E-state index contributed by atoms with van der Waals surface area (Å²) in [5.41, 5.74) is 8.01. The van der Waals surface area contributed by atoms with E-state index in [1.165, 1.54) is 0 Å². The number of ether oxygens (including phenoxy) is 1. The number of hydrogen-bond acceptors (Lipinski definition) is 2. The number of benzene rings is 2. The smallest absolute Gasteiger partial charge is 0.139 e. The molecule has 0 saturated heterocycles. The van der Waals surface area contributed by atoms with Crippen molar-refractivity contribution in [3.05, 3.63) is 62.6 Å². The molecule has 0 aliphatic carbocycles. The largest absolute Gasteiger partial charge is 0.492 e. The van der Waals surface area contributed by atoms with Crippen LogP contribution in [0.1, 0.15) is 24.1 Å². The molecule has 1 atom stereocenters. The fraction of sp³-hybridized carbons (Fsp3) is 0.250. The lowest BCUT2D eigenvalue weighted by atomic mass is 9.99. The lowest BCUT2D eigenvalue weighted by Gasteiger charge is -2.17. The molecule has 2 nitrogen and oxygen atoms in total. The van der Waals surface area contributed by atoms with E-state index in [0.717, 1.165) is 11.1 Å². The van der Waals surface area contributed by atoms with Gasteiger partial charge in [-0.05, 0) is 36.6 Å². The number of hydrogen-bond donors (Lipinski definition) is 1. The Labute approximate surface area is 139 Å². The molecule has 2 aromatic rings. The first-order chi connectivity index (χ1) is 10.0. The molecule has 1 unspecified atom stereocenters. The topological polar surface area (TPSA) is 35.2 Å². The van der Waals surface area contributed by atoms with Crippen molar-refractivity contribution >= 4 is 34.8 Å². The first-order valence-electron chi connectivity index (χ1n) is 6.63. The summed E-state index contributed by atoms with van der Waals surface area (Å²) in [6.07, 6.45) is 0.587. The van der Waals surface area contributed by atoms with Crippen LogP contribution in [-0.4, -0.2) is 6.61 Å². The van der Waals surface area contributed by atoms with Crippen molar-refractivity contribution in [1.82, 2.24) is 0 Å². The zero-order valence-electron chi connectivity index (χ0n) is 11.6. The van der Waals surface area contributed by atoms with Gasteiger partial charge >= 0.3 is 0 Å². The van der Waals surface area contributed by atoms with Gasteiger partial charge in [-0.25, -0.2) is 0 Å². The molecular formula is C16H16Cl3NO. The van der Waals surface area contributed by atoms with Crippen LogP contribution in [0.25, 0.3) is 0 Å². The molecule has 0 aliphatic rings. The van der Waals surface area contributed by atoms with Crippen LogP contribution in [0.2, 0.25) is 15.1 Å². The predicted molar refractivity (Wildman–Crippen MR) is 89.7 cm³/mol. The Hall–Kier alpha value is -0.930. The van der Waals surface area contributed by atoms with Crippen LogP contribution in [0.4, 0.5) is 0 Å². The zero-order valence-corrected chi connectivity index (χ0v) is 13.8. The Morgan fingerprint density at radius 1 is 1.05 bits per heavy atom. The average molecular weight is 345 g/mol. The van der Waals surface area contributed by atoms with E-state index in [-0.39, 0.29) is 6.04 Å². The van der Waals surface area contributed by atoms with Crippen molar-refractivity contribution in [2.45, 2.75) is 19.4 Å². The molecule has 0 fully saturated rings. The molecule has 0 radical (unpaired) electrons. The van der Waals surface area contributed by atoms with Crippen molar-refractivity contribution in [2.24, 2.45) is 5.73 Å². The van der Waals surface area contributed by atoms with Crippen molar-refractivity contribution in [3.8, 4) is 5.75 Å². The molecule has 0 aromatic heterocycles. The normalized spacial score (nSPS) is 12.2. The maximum atomic E-state index is 6.29. The van der Waals surface area contributed by atoms with Gasteiger partial charge in [0, 0.05) is 22.2 Å². The summed E-state index contributed by atoms with van der Waals surface area (Å²) in [7, 11) is 0. The van der Waals surface area contributed by atoms with Gasteiger partial charge in [-0.3, -0.25) is 0 Å². The van der Waals surface area contributed by atoms with Gasteiger partial charge in [-0.2, -0.15) is 0 Å². The van der Waals surface area contributed by atoms with E-state index in [1.54, 1.807) is 12.1 Å². The molecule has 21 heavy (non-hydrogen) atoms. The van der Waals surface area contributed by atoms with Crippen LogP contribution in [0, 0.1) is 0 Å². The molecule has 2 N–H and O–H groups in total. The highest BCUT2D eigenvalue weighted by Gasteiger charge is 2.16. The number of halogens is 3. The second-order valence-electron chi connectivity index (χ2n) is 4.64. The highest BCUT2D eigenvalue weighted by molar-refractivity contribution is 6.34. The van der Waals surface area contributed by atoms with E-state index in [9.17, 15) is 0 Å². The van der Waals surface area contributed by atoms with Crippen LogP contribution in [-0.2, 0) is 6.42 Å². The second-order valence-corrected chi connectivity index (χ2v) is 5.86. The van der Waals surface area contributed by atoms with E-state index in [1.807, 2.05) is 31.2 Å². The third kappa shape index (κ3) is 4.04. The first kappa shape index (κ1) is 16.4. The molecule has 0 saturated carbocycles. The van der Waals surface area contributed by atoms with E-state index in [2.05, 4.69) is 0 Å². The molecule has 0 amide bonds. The van der Waals surface area contributed by atoms with Crippen LogP contribution >= 0.6 is 34.8 Å². The number of rotatable bonds is 5. The van der Waals surface area contributed by atoms with E-state index in [4.69, 9.17) is 45.3 Å². The molecule has 0 heterocycles. The summed E-state index contributed by atoms with van der Waals surface area (Å²) in [6, 6.07) is 10.8. The van der Waals surface area contributed by atoms with Gasteiger partial charge in [-0.15, -0.1) is 0 Å². The third-order valence-electron chi connectivity index (χ3n) is 3.15. The van der Waals surface area contributed by atoms with E-state index in [0.29, 0.717) is 33.8 Å². The Morgan fingerprint density at radius 2 is 1.76 bits per heavy atom. The summed E-state index contributed by atoms with van der Waals surface area (Å²) in [6.45, 7) is 2.42. The Bertz CT molecular complexity index is 631. The molecular weight excluding hydrogens is 329 g/mol. The molecule has 112 valence electrons. The van der Waals surface area contributed by atoms with E-state index >= 15 is 0 Å². The maximum absolute atomic E-state index is 6.29. The Kier molecular flexibility index (Phi) is 5.77. The van der Waals surface area contributed by atoms with Crippen molar-refractivity contribution < 1.29 is 4.74 Å². The van der Waals surface area contributed by atoms with E-state index < -0.39 is 0 Å². The quantitative estimate of drug-likeness (QED) is 0.800. The van der Waals surface area contributed by atoms with Gasteiger partial charge in [0.2, 0.25) is 0 Å². The monoisotopic (exact) mass is 343 g/mol. The molecule has 0 spiro atoms. The van der Waals surface area contributed by atoms with Gasteiger partial charge in [-0.1, -0.05) is 53.0 Å². The minimum absolute atomic E-state index is 0.287. The van der Waals surface area contributed by atoms with Crippen LogP contribution in [0.15, 0.2) is 36.4 Å². The molecule has 2 aromatic carbocycles. The van der Waals surface area contributed by atoms with Crippen molar-refractivity contribution in [1.29, 1.82) is 0 Å². The van der Waals surface area contributed by atoms with Gasteiger partial charge in [0.05, 0.1) is 11.6 Å². The van der Waals surface area contributed by atoms with Gasteiger partial charge in [0.1, 0.15) is 5.75 Å². The fourth-order valence-corrected chi connectivity index (χ4v) is 2.84. The Balaban J connectivity index is 2.25. The Morgan fingerprint density at radius 3 is 2.43 bits per heavy atom. The fourth-order valence-electron chi connectivity index (χ4n) is 2.11. The summed E-state index contributed by atoms with van der Waals surface area (Å²) >= 11 is 18.6. The minimum Gasteiger partial charge on any atom is -0.492 e. The van der Waals surface area contributed by atoms with Gasteiger partial charge < -0.3 is 10.5 Å². The van der Waals surface area contributed by atoms with Crippen molar-refractivity contribution in [2.75, 3.05) is 6.61 Å². The van der Waals surface area contributed by atoms with Crippen molar-refractivity contribution in [3.63, 3.8) is 0 Å². The molecule has 0 bridgehead atoms.